The van der Waals surface area contributed by atoms with Crippen LogP contribution in [-0.2, 0) is 0 Å². The van der Waals surface area contributed by atoms with Crippen LogP contribution in [0.25, 0.3) is 11.3 Å². The molecule has 0 saturated heterocycles. The number of aromatic carboxylic acids is 1. The fourth-order valence-electron chi connectivity index (χ4n) is 1.62. The monoisotopic (exact) mass is 247 g/mol. The molecular weight excluding hydrogens is 237 g/mol. The molecule has 1 aromatic carbocycles. The average molecular weight is 247 g/mol. The van der Waals surface area contributed by atoms with Gasteiger partial charge >= 0.3 is 5.97 Å². The highest BCUT2D eigenvalue weighted by Gasteiger charge is 2.12. The number of nitrogens with zero attached hydrogens (tertiary/aromatic N) is 1. The van der Waals surface area contributed by atoms with E-state index in [0.717, 1.165) is 6.07 Å². The Kier molecular flexibility index (Phi) is 3.23. The summed E-state index contributed by atoms with van der Waals surface area (Å²) in [6.45, 7) is 0. The third-order valence-corrected chi connectivity index (χ3v) is 2.41. The molecule has 5 heteroatoms. The summed E-state index contributed by atoms with van der Waals surface area (Å²) in [5, 5.41) is 8.89. The van der Waals surface area contributed by atoms with E-state index in [1.165, 1.54) is 25.4 Å². The van der Waals surface area contributed by atoms with E-state index in [0.29, 0.717) is 17.0 Å². The van der Waals surface area contributed by atoms with Crippen molar-refractivity contribution in [2.75, 3.05) is 7.11 Å². The molecule has 2 rings (SSSR count). The molecule has 92 valence electrons. The highest BCUT2D eigenvalue weighted by Crippen LogP contribution is 2.28. The van der Waals surface area contributed by atoms with Gasteiger partial charge in [-0.05, 0) is 30.3 Å². The van der Waals surface area contributed by atoms with Crippen LogP contribution in [0.4, 0.5) is 4.39 Å². The molecule has 4 nitrogen and oxygen atoms in total. The van der Waals surface area contributed by atoms with Gasteiger partial charge in [-0.2, -0.15) is 0 Å². The molecule has 0 bridgehead atoms. The van der Waals surface area contributed by atoms with Gasteiger partial charge in [-0.3, -0.25) is 4.98 Å². The van der Waals surface area contributed by atoms with E-state index in [1.807, 2.05) is 0 Å². The fourth-order valence-corrected chi connectivity index (χ4v) is 1.62. The zero-order valence-electron chi connectivity index (χ0n) is 9.55. The molecule has 2 aromatic rings. The number of rotatable bonds is 3. The van der Waals surface area contributed by atoms with Crippen molar-refractivity contribution in [3.05, 3.63) is 47.9 Å². The van der Waals surface area contributed by atoms with Crippen molar-refractivity contribution < 1.29 is 19.0 Å². The van der Waals surface area contributed by atoms with E-state index in [4.69, 9.17) is 9.84 Å². The Hall–Kier alpha value is -2.43. The van der Waals surface area contributed by atoms with E-state index in [9.17, 15) is 9.18 Å². The van der Waals surface area contributed by atoms with Gasteiger partial charge < -0.3 is 9.84 Å². The lowest BCUT2D eigenvalue weighted by Gasteiger charge is -2.08. The lowest BCUT2D eigenvalue weighted by atomic mass is 10.1. The number of benzene rings is 1. The van der Waals surface area contributed by atoms with Crippen molar-refractivity contribution in [1.82, 2.24) is 4.98 Å². The van der Waals surface area contributed by atoms with Crippen molar-refractivity contribution in [2.24, 2.45) is 0 Å². The zero-order chi connectivity index (χ0) is 13.1. The Balaban J connectivity index is 2.60. The summed E-state index contributed by atoms with van der Waals surface area (Å²) in [5.74, 6) is -1.36. The van der Waals surface area contributed by atoms with Crippen LogP contribution in [0.3, 0.4) is 0 Å². The minimum absolute atomic E-state index is 0.127. The maximum absolute atomic E-state index is 13.4. The Labute approximate surface area is 103 Å². The van der Waals surface area contributed by atoms with E-state index in [1.54, 1.807) is 12.1 Å². The first-order valence-corrected chi connectivity index (χ1v) is 5.15. The van der Waals surface area contributed by atoms with Gasteiger partial charge in [0, 0.05) is 11.8 Å². The van der Waals surface area contributed by atoms with Gasteiger partial charge in [-0.25, -0.2) is 9.18 Å². The number of hydrogen-bond acceptors (Lipinski definition) is 3. The number of hydrogen-bond donors (Lipinski definition) is 1. The topological polar surface area (TPSA) is 59.4 Å². The van der Waals surface area contributed by atoms with E-state index < -0.39 is 11.8 Å². The molecule has 0 amide bonds. The van der Waals surface area contributed by atoms with Crippen LogP contribution in [0.15, 0.2) is 36.5 Å². The first-order valence-electron chi connectivity index (χ1n) is 5.15. The van der Waals surface area contributed by atoms with Gasteiger partial charge in [0.2, 0.25) is 0 Å². The molecule has 0 saturated carbocycles. The summed E-state index contributed by atoms with van der Waals surface area (Å²) in [5.41, 5.74) is 0.643. The fraction of sp³-hybridized carbons (Fsp3) is 0.0769. The van der Waals surface area contributed by atoms with Gasteiger partial charge in [0.25, 0.3) is 0 Å². The summed E-state index contributed by atoms with van der Waals surface area (Å²) in [6, 6.07) is 6.89. The Morgan fingerprint density at radius 2 is 2.17 bits per heavy atom. The lowest BCUT2D eigenvalue weighted by Crippen LogP contribution is -1.99. The number of carboxylic acids is 1. The predicted octanol–water partition coefficient (Wildman–Crippen LogP) is 2.59. The molecule has 0 fully saturated rings. The maximum Gasteiger partial charge on any atom is 0.335 e. The molecule has 0 aliphatic heterocycles. The van der Waals surface area contributed by atoms with E-state index in [-0.39, 0.29) is 5.56 Å². The highest BCUT2D eigenvalue weighted by atomic mass is 19.1. The number of aromatic nitrogens is 1. The number of halogens is 1. The molecule has 18 heavy (non-hydrogen) atoms. The van der Waals surface area contributed by atoms with Crippen LogP contribution < -0.4 is 4.74 Å². The minimum Gasteiger partial charge on any atom is -0.494 e. The number of ether oxygens (including phenoxy) is 1. The molecule has 0 aliphatic carbocycles. The molecule has 0 aliphatic rings. The number of carboxylic acid groups (broad SMARTS) is 1. The third kappa shape index (κ3) is 2.29. The summed E-state index contributed by atoms with van der Waals surface area (Å²) in [7, 11) is 1.47. The molecule has 1 aromatic heterocycles. The van der Waals surface area contributed by atoms with Crippen LogP contribution in [0.1, 0.15) is 10.4 Å². The molecule has 0 radical (unpaired) electrons. The van der Waals surface area contributed by atoms with Crippen LogP contribution in [0.2, 0.25) is 0 Å². The molecular formula is C13H10FNO3. The van der Waals surface area contributed by atoms with Crippen molar-refractivity contribution in [3.8, 4) is 17.0 Å². The summed E-state index contributed by atoms with van der Waals surface area (Å²) >= 11 is 0. The largest absolute Gasteiger partial charge is 0.494 e. The Morgan fingerprint density at radius 1 is 1.39 bits per heavy atom. The normalized spacial score (nSPS) is 10.1. The van der Waals surface area contributed by atoms with Gasteiger partial charge in [-0.1, -0.05) is 0 Å². The molecule has 0 unspecified atom stereocenters. The first-order chi connectivity index (χ1) is 8.61. The minimum atomic E-state index is -1.19. The number of carbonyl (C=O) groups is 1. The predicted molar refractivity (Wildman–Crippen MR) is 63.1 cm³/mol. The van der Waals surface area contributed by atoms with Crippen LogP contribution >= 0.6 is 0 Å². The number of methoxy groups -OCH3 is 1. The van der Waals surface area contributed by atoms with Gasteiger partial charge in [0.15, 0.2) is 0 Å². The highest BCUT2D eigenvalue weighted by molar-refractivity contribution is 5.89. The van der Waals surface area contributed by atoms with Crippen molar-refractivity contribution in [2.45, 2.75) is 0 Å². The summed E-state index contributed by atoms with van der Waals surface area (Å²) in [4.78, 5) is 14.9. The van der Waals surface area contributed by atoms with Gasteiger partial charge in [0.05, 0.1) is 12.7 Å². The van der Waals surface area contributed by atoms with Crippen molar-refractivity contribution >= 4 is 5.97 Å². The van der Waals surface area contributed by atoms with Crippen LogP contribution in [0, 0.1) is 5.82 Å². The van der Waals surface area contributed by atoms with Gasteiger partial charge in [-0.15, -0.1) is 0 Å². The quantitative estimate of drug-likeness (QED) is 0.905. The molecule has 1 N–H and O–H groups in total. The van der Waals surface area contributed by atoms with E-state index in [2.05, 4.69) is 4.98 Å². The summed E-state index contributed by atoms with van der Waals surface area (Å²) in [6.07, 6.45) is 1.53. The molecule has 1 heterocycles. The van der Waals surface area contributed by atoms with Crippen molar-refractivity contribution in [3.63, 3.8) is 0 Å². The lowest BCUT2D eigenvalue weighted by molar-refractivity contribution is 0.0696. The smallest absolute Gasteiger partial charge is 0.335 e. The average Bonchev–Trinajstić information content (AvgIpc) is 2.38. The van der Waals surface area contributed by atoms with Crippen LogP contribution in [-0.4, -0.2) is 23.2 Å². The zero-order valence-corrected chi connectivity index (χ0v) is 9.55. The maximum atomic E-state index is 13.4. The third-order valence-electron chi connectivity index (χ3n) is 2.41. The standard InChI is InChI=1S/C13H10FNO3/c1-18-11-3-2-4-15-12(11)8-5-9(13(16)17)7-10(14)6-8/h2-7H,1H3,(H,16,17). The second-order valence-corrected chi connectivity index (χ2v) is 3.59. The van der Waals surface area contributed by atoms with Crippen molar-refractivity contribution in [1.29, 1.82) is 0 Å². The Morgan fingerprint density at radius 3 is 2.83 bits per heavy atom. The van der Waals surface area contributed by atoms with Crippen LogP contribution in [0.5, 0.6) is 5.75 Å². The second kappa shape index (κ2) is 4.83. The number of pyridine rings is 1. The molecule has 0 atom stereocenters. The SMILES string of the molecule is COc1cccnc1-c1cc(F)cc(C(=O)O)c1. The first kappa shape index (κ1) is 12.0. The van der Waals surface area contributed by atoms with Gasteiger partial charge in [0.1, 0.15) is 17.3 Å². The summed E-state index contributed by atoms with van der Waals surface area (Å²) < 4.78 is 18.5. The second-order valence-electron chi connectivity index (χ2n) is 3.59. The molecule has 0 spiro atoms. The Bertz CT molecular complexity index is 599. The van der Waals surface area contributed by atoms with E-state index >= 15 is 0 Å².